The van der Waals surface area contributed by atoms with Crippen LogP contribution in [0.3, 0.4) is 0 Å². The first-order valence-corrected chi connectivity index (χ1v) is 4.21. The molecule has 0 unspecified atom stereocenters. The zero-order chi connectivity index (χ0) is 7.23. The van der Waals surface area contributed by atoms with Crippen molar-refractivity contribution in [3.63, 3.8) is 0 Å². The molecule has 1 heterocycles. The molecule has 0 saturated carbocycles. The van der Waals surface area contributed by atoms with E-state index in [0.29, 0.717) is 0 Å². The third-order valence-electron chi connectivity index (χ3n) is 1.83. The molecule has 0 aromatic rings. The van der Waals surface area contributed by atoms with Gasteiger partial charge < -0.3 is 5.32 Å². The van der Waals surface area contributed by atoms with Crippen LogP contribution < -0.4 is 5.32 Å². The Bertz CT molecular complexity index is 77.3. The Hall–Kier alpha value is -0.0800. The number of nitrogens with one attached hydrogen (secondary N) is 1. The van der Waals surface area contributed by atoms with E-state index >= 15 is 0 Å². The first-order chi connectivity index (χ1) is 4.93. The van der Waals surface area contributed by atoms with Crippen molar-refractivity contribution in [3.05, 3.63) is 6.54 Å². The van der Waals surface area contributed by atoms with Crippen LogP contribution in [-0.2, 0) is 0 Å². The molecule has 10 heavy (non-hydrogen) atoms. The van der Waals surface area contributed by atoms with Crippen molar-refractivity contribution < 1.29 is 0 Å². The molecule has 0 aliphatic carbocycles. The van der Waals surface area contributed by atoms with Crippen molar-refractivity contribution in [2.75, 3.05) is 26.2 Å². The van der Waals surface area contributed by atoms with E-state index in [0.717, 1.165) is 13.1 Å². The molecule has 0 aromatic carbocycles. The molecule has 2 heteroatoms. The third kappa shape index (κ3) is 2.67. The van der Waals surface area contributed by atoms with Gasteiger partial charge >= 0.3 is 0 Å². The lowest BCUT2D eigenvalue weighted by molar-refractivity contribution is 0.283. The summed E-state index contributed by atoms with van der Waals surface area (Å²) >= 11 is 0. The smallest absolute Gasteiger partial charge is 0.0252 e. The summed E-state index contributed by atoms with van der Waals surface area (Å²) in [4.78, 5) is 2.42. The molecule has 1 rings (SSSR count). The second kappa shape index (κ2) is 4.69. The number of unbranched alkanes of at least 4 members (excludes halogenated alkanes) is 1. The Morgan fingerprint density at radius 2 is 2.10 bits per heavy atom. The predicted octanol–water partition coefficient (Wildman–Crippen LogP) is 0.853. The molecular formula is C8H17N2. The fraction of sp³-hybridized carbons (Fsp3) is 0.875. The van der Waals surface area contributed by atoms with Crippen LogP contribution in [0.25, 0.3) is 0 Å². The van der Waals surface area contributed by atoms with Gasteiger partial charge in [0.1, 0.15) is 0 Å². The van der Waals surface area contributed by atoms with Gasteiger partial charge in [0.2, 0.25) is 0 Å². The van der Waals surface area contributed by atoms with Crippen molar-refractivity contribution in [1.82, 2.24) is 10.2 Å². The van der Waals surface area contributed by atoms with Crippen LogP contribution in [0.5, 0.6) is 0 Å². The van der Waals surface area contributed by atoms with Gasteiger partial charge in [-0.15, -0.1) is 0 Å². The number of hydrogen-bond acceptors (Lipinski definition) is 2. The molecule has 1 N–H and O–H groups in total. The molecule has 2 nitrogen and oxygen atoms in total. The van der Waals surface area contributed by atoms with Gasteiger partial charge in [0.25, 0.3) is 0 Å². The van der Waals surface area contributed by atoms with Crippen LogP contribution in [0, 0.1) is 6.54 Å². The summed E-state index contributed by atoms with van der Waals surface area (Å²) < 4.78 is 0. The summed E-state index contributed by atoms with van der Waals surface area (Å²) in [6.07, 6.45) is 2.50. The second-order valence-electron chi connectivity index (χ2n) is 2.76. The maximum absolute atomic E-state index is 3.33. The molecule has 0 spiro atoms. The average Bonchev–Trinajstić information content (AvgIpc) is 2.03. The molecule has 0 bridgehead atoms. The minimum absolute atomic E-state index is 1.15. The summed E-state index contributed by atoms with van der Waals surface area (Å²) in [7, 11) is 0. The topological polar surface area (TPSA) is 15.3 Å². The summed E-state index contributed by atoms with van der Waals surface area (Å²) in [6.45, 7) is 9.25. The fourth-order valence-corrected chi connectivity index (χ4v) is 1.18. The largest absolute Gasteiger partial charge is 0.314 e. The number of rotatable bonds is 3. The maximum atomic E-state index is 3.33. The van der Waals surface area contributed by atoms with Crippen LogP contribution in [0.4, 0.5) is 0 Å². The van der Waals surface area contributed by atoms with Crippen molar-refractivity contribution >= 4 is 0 Å². The highest BCUT2D eigenvalue weighted by molar-refractivity contribution is 4.73. The molecule has 0 amide bonds. The van der Waals surface area contributed by atoms with Crippen molar-refractivity contribution in [1.29, 1.82) is 0 Å². The SMILES string of the molecule is CCC[CH]N1CCNCC1. The van der Waals surface area contributed by atoms with Gasteiger partial charge in [-0.3, -0.25) is 4.90 Å². The molecule has 1 saturated heterocycles. The van der Waals surface area contributed by atoms with Crippen molar-refractivity contribution in [2.24, 2.45) is 0 Å². The zero-order valence-electron chi connectivity index (χ0n) is 6.77. The highest BCUT2D eigenvalue weighted by Gasteiger charge is 2.07. The molecule has 1 aliphatic heterocycles. The van der Waals surface area contributed by atoms with E-state index in [-0.39, 0.29) is 0 Å². The van der Waals surface area contributed by atoms with Crippen LogP contribution in [0.15, 0.2) is 0 Å². The Morgan fingerprint density at radius 3 is 2.70 bits per heavy atom. The van der Waals surface area contributed by atoms with Crippen LogP contribution >= 0.6 is 0 Å². The first-order valence-electron chi connectivity index (χ1n) is 4.21. The molecule has 1 radical (unpaired) electrons. The molecule has 1 aliphatic rings. The molecular weight excluding hydrogens is 124 g/mol. The normalized spacial score (nSPS) is 21.3. The summed E-state index contributed by atoms with van der Waals surface area (Å²) in [6, 6.07) is 0. The maximum Gasteiger partial charge on any atom is 0.0252 e. The van der Waals surface area contributed by atoms with E-state index in [9.17, 15) is 0 Å². The fourth-order valence-electron chi connectivity index (χ4n) is 1.18. The standard InChI is InChI=1S/C8H17N2/c1-2-3-6-10-7-4-9-5-8-10/h6,9H,2-5,7-8H2,1H3. The van der Waals surface area contributed by atoms with E-state index in [1.807, 2.05) is 0 Å². The molecule has 1 fully saturated rings. The molecule has 0 atom stereocenters. The van der Waals surface area contributed by atoms with E-state index in [2.05, 4.69) is 23.7 Å². The number of nitrogens with zero attached hydrogens (tertiary/aromatic N) is 1. The quantitative estimate of drug-likeness (QED) is 0.627. The zero-order valence-corrected chi connectivity index (χ0v) is 6.77. The van der Waals surface area contributed by atoms with E-state index < -0.39 is 0 Å². The van der Waals surface area contributed by atoms with Crippen molar-refractivity contribution in [3.8, 4) is 0 Å². The van der Waals surface area contributed by atoms with E-state index in [4.69, 9.17) is 0 Å². The summed E-state index contributed by atoms with van der Waals surface area (Å²) in [5.41, 5.74) is 0. The number of piperazine rings is 1. The lowest BCUT2D eigenvalue weighted by atomic mass is 10.3. The lowest BCUT2D eigenvalue weighted by Gasteiger charge is -2.26. The van der Waals surface area contributed by atoms with Gasteiger partial charge in [-0.25, -0.2) is 0 Å². The van der Waals surface area contributed by atoms with Gasteiger partial charge in [-0.2, -0.15) is 0 Å². The predicted molar refractivity (Wildman–Crippen MR) is 43.7 cm³/mol. The minimum atomic E-state index is 1.15. The van der Waals surface area contributed by atoms with Gasteiger partial charge in [-0.1, -0.05) is 13.3 Å². The molecule has 0 aromatic heterocycles. The Labute approximate surface area is 63.6 Å². The van der Waals surface area contributed by atoms with Crippen LogP contribution in [-0.4, -0.2) is 31.1 Å². The van der Waals surface area contributed by atoms with Gasteiger partial charge in [0, 0.05) is 32.7 Å². The number of hydrogen-bond donors (Lipinski definition) is 1. The van der Waals surface area contributed by atoms with Crippen molar-refractivity contribution in [2.45, 2.75) is 19.8 Å². The average molecular weight is 141 g/mol. The molecule has 59 valence electrons. The van der Waals surface area contributed by atoms with Gasteiger partial charge in [-0.05, 0) is 6.42 Å². The summed E-state index contributed by atoms with van der Waals surface area (Å²) in [5.74, 6) is 0. The highest BCUT2D eigenvalue weighted by atomic mass is 15.2. The highest BCUT2D eigenvalue weighted by Crippen LogP contribution is 2.00. The lowest BCUT2D eigenvalue weighted by Crippen LogP contribution is -2.41. The Kier molecular flexibility index (Phi) is 3.76. The summed E-state index contributed by atoms with van der Waals surface area (Å²) in [5, 5.41) is 3.33. The van der Waals surface area contributed by atoms with E-state index in [1.54, 1.807) is 0 Å². The van der Waals surface area contributed by atoms with Gasteiger partial charge in [0.15, 0.2) is 0 Å². The van der Waals surface area contributed by atoms with Crippen LogP contribution in [0.2, 0.25) is 0 Å². The van der Waals surface area contributed by atoms with Crippen LogP contribution in [0.1, 0.15) is 19.8 Å². The monoisotopic (exact) mass is 141 g/mol. The van der Waals surface area contributed by atoms with E-state index in [1.165, 1.54) is 25.9 Å². The van der Waals surface area contributed by atoms with Gasteiger partial charge in [0.05, 0.1) is 0 Å². The first kappa shape index (κ1) is 8.02. The Balaban J connectivity index is 2.02. The minimum Gasteiger partial charge on any atom is -0.314 e. The second-order valence-corrected chi connectivity index (χ2v) is 2.76. The third-order valence-corrected chi connectivity index (χ3v) is 1.83. The Morgan fingerprint density at radius 1 is 1.40 bits per heavy atom.